The van der Waals surface area contributed by atoms with E-state index in [0.717, 1.165) is 25.9 Å². The fourth-order valence-corrected chi connectivity index (χ4v) is 2.63. The van der Waals surface area contributed by atoms with E-state index in [-0.39, 0.29) is 5.82 Å². The molecule has 1 aliphatic heterocycles. The van der Waals surface area contributed by atoms with Gasteiger partial charge in [0.2, 0.25) is 0 Å². The van der Waals surface area contributed by atoms with E-state index in [0.29, 0.717) is 22.9 Å². The molecule has 2 heterocycles. The SMILES string of the molecule is CC(C)NCC1CCCCN1c1ncc(Cl)cc1F. The Balaban J connectivity index is 2.14. The van der Waals surface area contributed by atoms with Crippen molar-refractivity contribution in [3.63, 3.8) is 0 Å². The Morgan fingerprint density at radius 1 is 1.53 bits per heavy atom. The number of hydrogen-bond donors (Lipinski definition) is 1. The Kier molecular flexibility index (Phi) is 4.99. The zero-order valence-electron chi connectivity index (χ0n) is 11.5. The Morgan fingerprint density at radius 2 is 2.32 bits per heavy atom. The maximum atomic E-state index is 14.0. The van der Waals surface area contributed by atoms with Crippen LogP contribution in [-0.2, 0) is 0 Å². The van der Waals surface area contributed by atoms with Gasteiger partial charge in [-0.15, -0.1) is 0 Å². The Morgan fingerprint density at radius 3 is 3.00 bits per heavy atom. The van der Waals surface area contributed by atoms with Gasteiger partial charge in [0, 0.05) is 31.4 Å². The first-order chi connectivity index (χ1) is 9.08. The van der Waals surface area contributed by atoms with Crippen molar-refractivity contribution in [3.8, 4) is 0 Å². The summed E-state index contributed by atoms with van der Waals surface area (Å²) in [6.07, 6.45) is 4.86. The summed E-state index contributed by atoms with van der Waals surface area (Å²) < 4.78 is 14.0. The smallest absolute Gasteiger partial charge is 0.167 e. The zero-order chi connectivity index (χ0) is 13.8. The first-order valence-corrected chi connectivity index (χ1v) is 7.27. The number of aromatic nitrogens is 1. The van der Waals surface area contributed by atoms with Crippen LogP contribution in [0.3, 0.4) is 0 Å². The molecule has 1 unspecified atom stereocenters. The van der Waals surface area contributed by atoms with Crippen LogP contribution in [0.2, 0.25) is 5.02 Å². The number of halogens is 2. The number of nitrogens with zero attached hydrogens (tertiary/aromatic N) is 2. The Bertz CT molecular complexity index is 425. The van der Waals surface area contributed by atoms with Crippen molar-refractivity contribution < 1.29 is 4.39 Å². The molecule has 1 N–H and O–H groups in total. The molecule has 0 aromatic carbocycles. The molecular formula is C14H21ClFN3. The highest BCUT2D eigenvalue weighted by Gasteiger charge is 2.25. The van der Waals surface area contributed by atoms with E-state index in [2.05, 4.69) is 29.0 Å². The third-order valence-corrected chi connectivity index (χ3v) is 3.66. The molecule has 0 amide bonds. The molecule has 3 nitrogen and oxygen atoms in total. The van der Waals surface area contributed by atoms with Crippen molar-refractivity contribution in [3.05, 3.63) is 23.1 Å². The predicted molar refractivity (Wildman–Crippen MR) is 77.3 cm³/mol. The van der Waals surface area contributed by atoms with Crippen molar-refractivity contribution in [2.45, 2.75) is 45.2 Å². The fraction of sp³-hybridized carbons (Fsp3) is 0.643. The van der Waals surface area contributed by atoms with Crippen molar-refractivity contribution in [1.29, 1.82) is 0 Å². The van der Waals surface area contributed by atoms with Crippen LogP contribution in [0.15, 0.2) is 12.3 Å². The molecule has 2 rings (SSSR count). The van der Waals surface area contributed by atoms with Gasteiger partial charge in [-0.25, -0.2) is 9.37 Å². The van der Waals surface area contributed by atoms with Gasteiger partial charge in [-0.3, -0.25) is 0 Å². The van der Waals surface area contributed by atoms with E-state index in [9.17, 15) is 4.39 Å². The molecular weight excluding hydrogens is 265 g/mol. The van der Waals surface area contributed by atoms with E-state index in [1.165, 1.54) is 18.7 Å². The predicted octanol–water partition coefficient (Wildman–Crippen LogP) is 3.23. The van der Waals surface area contributed by atoms with Crippen LogP contribution in [0.5, 0.6) is 0 Å². The second-order valence-corrected chi connectivity index (χ2v) is 5.80. The minimum absolute atomic E-state index is 0.305. The molecule has 1 aliphatic rings. The van der Waals surface area contributed by atoms with Crippen molar-refractivity contribution >= 4 is 17.4 Å². The normalized spacial score (nSPS) is 20.1. The summed E-state index contributed by atoms with van der Waals surface area (Å²) in [7, 11) is 0. The van der Waals surface area contributed by atoms with Gasteiger partial charge in [-0.1, -0.05) is 25.4 Å². The third kappa shape index (κ3) is 3.80. The van der Waals surface area contributed by atoms with Crippen molar-refractivity contribution in [1.82, 2.24) is 10.3 Å². The Labute approximate surface area is 119 Å². The number of nitrogens with one attached hydrogen (secondary N) is 1. The molecule has 0 aliphatic carbocycles. The van der Waals surface area contributed by atoms with Gasteiger partial charge in [-0.05, 0) is 25.3 Å². The lowest BCUT2D eigenvalue weighted by molar-refractivity contribution is 0.413. The lowest BCUT2D eigenvalue weighted by Crippen LogP contribution is -2.47. The maximum absolute atomic E-state index is 14.0. The minimum Gasteiger partial charge on any atom is -0.350 e. The average molecular weight is 286 g/mol. The molecule has 0 saturated carbocycles. The van der Waals surface area contributed by atoms with Crippen LogP contribution in [0.1, 0.15) is 33.1 Å². The van der Waals surface area contributed by atoms with Crippen LogP contribution in [0.25, 0.3) is 0 Å². The highest BCUT2D eigenvalue weighted by atomic mass is 35.5. The van der Waals surface area contributed by atoms with Gasteiger partial charge in [0.05, 0.1) is 5.02 Å². The number of anilines is 1. The van der Waals surface area contributed by atoms with Crippen LogP contribution < -0.4 is 10.2 Å². The summed E-state index contributed by atoms with van der Waals surface area (Å²) in [5.74, 6) is 0.101. The molecule has 0 spiro atoms. The number of rotatable bonds is 4. The number of piperidine rings is 1. The molecule has 0 bridgehead atoms. The van der Waals surface area contributed by atoms with E-state index in [4.69, 9.17) is 11.6 Å². The molecule has 1 saturated heterocycles. The van der Waals surface area contributed by atoms with E-state index in [1.807, 2.05) is 0 Å². The topological polar surface area (TPSA) is 28.2 Å². The standard InChI is InChI=1S/C14H21ClFN3/c1-10(2)17-9-12-5-3-4-6-19(12)14-13(16)7-11(15)8-18-14/h7-8,10,12,17H,3-6,9H2,1-2H3. The monoisotopic (exact) mass is 285 g/mol. The number of pyridine rings is 1. The van der Waals surface area contributed by atoms with Crippen LogP contribution >= 0.6 is 11.6 Å². The largest absolute Gasteiger partial charge is 0.350 e. The molecule has 1 fully saturated rings. The fourth-order valence-electron chi connectivity index (χ4n) is 2.48. The number of hydrogen-bond acceptors (Lipinski definition) is 3. The second-order valence-electron chi connectivity index (χ2n) is 5.36. The highest BCUT2D eigenvalue weighted by Crippen LogP contribution is 2.26. The van der Waals surface area contributed by atoms with Gasteiger partial charge in [0.1, 0.15) is 0 Å². The maximum Gasteiger partial charge on any atom is 0.167 e. The summed E-state index contributed by atoms with van der Waals surface area (Å²) in [6, 6.07) is 2.08. The highest BCUT2D eigenvalue weighted by molar-refractivity contribution is 6.30. The van der Waals surface area contributed by atoms with Crippen LogP contribution in [0, 0.1) is 5.82 Å². The lowest BCUT2D eigenvalue weighted by Gasteiger charge is -2.37. The van der Waals surface area contributed by atoms with Gasteiger partial charge in [-0.2, -0.15) is 0 Å². The minimum atomic E-state index is -0.330. The van der Waals surface area contributed by atoms with E-state index < -0.39 is 0 Å². The van der Waals surface area contributed by atoms with Crippen molar-refractivity contribution in [2.75, 3.05) is 18.0 Å². The van der Waals surface area contributed by atoms with E-state index >= 15 is 0 Å². The average Bonchev–Trinajstić information content (AvgIpc) is 2.37. The molecule has 0 radical (unpaired) electrons. The second kappa shape index (κ2) is 6.53. The van der Waals surface area contributed by atoms with Crippen LogP contribution in [0.4, 0.5) is 10.2 Å². The molecule has 1 aromatic rings. The quantitative estimate of drug-likeness (QED) is 0.921. The van der Waals surface area contributed by atoms with E-state index in [1.54, 1.807) is 0 Å². The summed E-state index contributed by atoms with van der Waals surface area (Å²) >= 11 is 5.76. The summed E-state index contributed by atoms with van der Waals surface area (Å²) in [5, 5.41) is 3.77. The van der Waals surface area contributed by atoms with Gasteiger partial charge in [0.15, 0.2) is 11.6 Å². The molecule has 1 atom stereocenters. The first-order valence-electron chi connectivity index (χ1n) is 6.89. The summed E-state index contributed by atoms with van der Waals surface area (Å²) in [4.78, 5) is 6.24. The first kappa shape index (κ1) is 14.5. The lowest BCUT2D eigenvalue weighted by atomic mass is 10.0. The third-order valence-electron chi connectivity index (χ3n) is 3.45. The molecule has 19 heavy (non-hydrogen) atoms. The van der Waals surface area contributed by atoms with Crippen LogP contribution in [-0.4, -0.2) is 30.2 Å². The van der Waals surface area contributed by atoms with Crippen molar-refractivity contribution in [2.24, 2.45) is 0 Å². The van der Waals surface area contributed by atoms with Gasteiger partial charge < -0.3 is 10.2 Å². The summed E-state index contributed by atoms with van der Waals surface area (Å²) in [6.45, 7) is 5.96. The molecule has 5 heteroatoms. The Hall–Kier alpha value is -0.870. The summed E-state index contributed by atoms with van der Waals surface area (Å²) in [5.41, 5.74) is 0. The molecule has 1 aromatic heterocycles. The van der Waals surface area contributed by atoms with Gasteiger partial charge in [0.25, 0.3) is 0 Å². The van der Waals surface area contributed by atoms with Gasteiger partial charge >= 0.3 is 0 Å². The molecule has 106 valence electrons. The zero-order valence-corrected chi connectivity index (χ0v) is 12.3.